The lowest BCUT2D eigenvalue weighted by atomic mass is 10.1. The van der Waals surface area contributed by atoms with Crippen molar-refractivity contribution < 1.29 is 28.6 Å². The number of amides is 3. The van der Waals surface area contributed by atoms with Gasteiger partial charge in [0.05, 0.1) is 19.5 Å². The lowest BCUT2D eigenvalue weighted by Gasteiger charge is -2.14. The van der Waals surface area contributed by atoms with Gasteiger partial charge in [0, 0.05) is 27.4 Å². The number of methoxy groups -OCH3 is 2. The molecular weight excluding hydrogens is 639 g/mol. The van der Waals surface area contributed by atoms with Gasteiger partial charge in [-0.3, -0.25) is 14.4 Å². The normalized spacial score (nSPS) is 11.5. The van der Waals surface area contributed by atoms with Crippen molar-refractivity contribution in [2.24, 2.45) is 0 Å². The second-order valence-electron chi connectivity index (χ2n) is 10.7. The molecule has 0 saturated carbocycles. The highest BCUT2D eigenvalue weighted by Gasteiger charge is 2.18. The van der Waals surface area contributed by atoms with E-state index in [2.05, 4.69) is 16.0 Å². The molecule has 5 rings (SSSR count). The average Bonchev–Trinajstić information content (AvgIpc) is 3.13. The predicted octanol–water partition coefficient (Wildman–Crippen LogP) is 8.03. The third-order valence-electron chi connectivity index (χ3n) is 7.16. The molecule has 0 aromatic heterocycles. The molecule has 49 heavy (non-hydrogen) atoms. The van der Waals surface area contributed by atoms with E-state index in [4.69, 9.17) is 14.2 Å². The van der Waals surface area contributed by atoms with E-state index in [1.807, 2.05) is 49.4 Å². The Morgan fingerprint density at radius 1 is 0.673 bits per heavy atom. The van der Waals surface area contributed by atoms with Crippen molar-refractivity contribution in [1.82, 2.24) is 5.32 Å². The van der Waals surface area contributed by atoms with Crippen molar-refractivity contribution in [3.63, 3.8) is 0 Å². The minimum Gasteiger partial charge on any atom is -0.497 e. The Hall–Kier alpha value is -6.00. The SMILES string of the molecule is COc1ccc(OC)c(/C=C(\NC(=O)c2ccccc2)C(=O)Nc2ccc(SC(C)C(=O)Nc3ccc(Oc4ccccc4)cc3)cc2)c1. The average molecular weight is 674 g/mol. The van der Waals surface area contributed by atoms with Gasteiger partial charge in [-0.05, 0) is 104 Å². The fourth-order valence-electron chi connectivity index (χ4n) is 4.60. The van der Waals surface area contributed by atoms with Crippen LogP contribution in [0, 0.1) is 0 Å². The number of hydrogen-bond acceptors (Lipinski definition) is 7. The summed E-state index contributed by atoms with van der Waals surface area (Å²) in [5, 5.41) is 8.11. The van der Waals surface area contributed by atoms with E-state index < -0.39 is 17.1 Å². The topological polar surface area (TPSA) is 115 Å². The van der Waals surface area contributed by atoms with Crippen molar-refractivity contribution in [2.45, 2.75) is 17.1 Å². The summed E-state index contributed by atoms with van der Waals surface area (Å²) in [5.74, 6) is 1.31. The summed E-state index contributed by atoms with van der Waals surface area (Å²) in [6.07, 6.45) is 1.53. The summed E-state index contributed by atoms with van der Waals surface area (Å²) in [5.41, 5.74) is 2.10. The first kappa shape index (κ1) is 34.3. The van der Waals surface area contributed by atoms with E-state index in [9.17, 15) is 14.4 Å². The molecule has 10 heteroatoms. The minimum absolute atomic E-state index is 0.00353. The molecular formula is C39H35N3O6S. The van der Waals surface area contributed by atoms with Crippen LogP contribution in [0.4, 0.5) is 11.4 Å². The highest BCUT2D eigenvalue weighted by molar-refractivity contribution is 8.00. The van der Waals surface area contributed by atoms with Crippen LogP contribution >= 0.6 is 11.8 Å². The Morgan fingerprint density at radius 2 is 1.27 bits per heavy atom. The maximum Gasteiger partial charge on any atom is 0.272 e. The molecule has 3 N–H and O–H groups in total. The Kier molecular flexibility index (Phi) is 11.7. The number of thioether (sulfide) groups is 1. The van der Waals surface area contributed by atoms with Crippen LogP contribution in [0.25, 0.3) is 6.08 Å². The van der Waals surface area contributed by atoms with Gasteiger partial charge in [-0.2, -0.15) is 0 Å². The van der Waals surface area contributed by atoms with Crippen molar-refractivity contribution in [1.29, 1.82) is 0 Å². The highest BCUT2D eigenvalue weighted by atomic mass is 32.2. The van der Waals surface area contributed by atoms with Crippen LogP contribution in [0.3, 0.4) is 0 Å². The van der Waals surface area contributed by atoms with Crippen molar-refractivity contribution in [2.75, 3.05) is 24.9 Å². The lowest BCUT2D eigenvalue weighted by molar-refractivity contribution is -0.115. The van der Waals surface area contributed by atoms with Crippen LogP contribution in [0.2, 0.25) is 0 Å². The first-order valence-electron chi connectivity index (χ1n) is 15.3. The summed E-state index contributed by atoms with van der Waals surface area (Å²) in [6, 6.07) is 37.5. The van der Waals surface area contributed by atoms with E-state index in [-0.39, 0.29) is 11.6 Å². The van der Waals surface area contributed by atoms with Crippen molar-refractivity contribution in [3.8, 4) is 23.0 Å². The first-order chi connectivity index (χ1) is 23.8. The predicted molar refractivity (Wildman–Crippen MR) is 193 cm³/mol. The standard InChI is InChI=1S/C39H35N3O6S/c1-26(37(43)40-29-14-18-32(19-15-29)48-31-12-8-5-9-13-31)49-34-21-16-30(17-22-34)41-39(45)35(42-38(44)27-10-6-4-7-11-27)25-28-24-33(46-2)20-23-36(28)47-3/h4-26H,1-3H3,(H,40,43)(H,41,45)(H,42,44)/b35-25-. The van der Waals surface area contributed by atoms with Crippen molar-refractivity contribution >= 4 is 46.9 Å². The van der Waals surface area contributed by atoms with Gasteiger partial charge < -0.3 is 30.2 Å². The number of para-hydroxylation sites is 1. The molecule has 0 bridgehead atoms. The van der Waals surface area contributed by atoms with Gasteiger partial charge in [0.25, 0.3) is 11.8 Å². The van der Waals surface area contributed by atoms with E-state index in [0.717, 1.165) is 10.6 Å². The van der Waals surface area contributed by atoms with Crippen LogP contribution in [0.5, 0.6) is 23.0 Å². The van der Waals surface area contributed by atoms with Gasteiger partial charge in [-0.1, -0.05) is 36.4 Å². The van der Waals surface area contributed by atoms with Gasteiger partial charge in [0.15, 0.2) is 0 Å². The number of carbonyl (C=O) groups excluding carboxylic acids is 3. The van der Waals surface area contributed by atoms with Crippen LogP contribution in [-0.2, 0) is 9.59 Å². The monoisotopic (exact) mass is 673 g/mol. The number of nitrogens with one attached hydrogen (secondary N) is 3. The molecule has 3 amide bonds. The van der Waals surface area contributed by atoms with E-state index in [1.54, 1.807) is 84.9 Å². The fourth-order valence-corrected chi connectivity index (χ4v) is 5.47. The quantitative estimate of drug-likeness (QED) is 0.0857. The molecule has 0 saturated heterocycles. The lowest BCUT2D eigenvalue weighted by Crippen LogP contribution is -2.30. The number of anilines is 2. The smallest absolute Gasteiger partial charge is 0.272 e. The van der Waals surface area contributed by atoms with Gasteiger partial charge in [0.2, 0.25) is 5.91 Å². The van der Waals surface area contributed by atoms with Gasteiger partial charge in [-0.25, -0.2) is 0 Å². The zero-order chi connectivity index (χ0) is 34.6. The fraction of sp³-hybridized carbons (Fsp3) is 0.103. The molecule has 0 fully saturated rings. The number of carbonyl (C=O) groups is 3. The summed E-state index contributed by atoms with van der Waals surface area (Å²) in [6.45, 7) is 1.82. The summed E-state index contributed by atoms with van der Waals surface area (Å²) >= 11 is 1.38. The Balaban J connectivity index is 1.23. The molecule has 1 unspecified atom stereocenters. The number of ether oxygens (including phenoxy) is 3. The van der Waals surface area contributed by atoms with Gasteiger partial charge in [0.1, 0.15) is 28.7 Å². The van der Waals surface area contributed by atoms with Crippen molar-refractivity contribution in [3.05, 3.63) is 144 Å². The molecule has 248 valence electrons. The minimum atomic E-state index is -0.539. The molecule has 0 radical (unpaired) electrons. The Morgan fingerprint density at radius 3 is 1.92 bits per heavy atom. The zero-order valence-corrected chi connectivity index (χ0v) is 28.0. The summed E-state index contributed by atoms with van der Waals surface area (Å²) in [4.78, 5) is 40.4. The largest absolute Gasteiger partial charge is 0.497 e. The zero-order valence-electron chi connectivity index (χ0n) is 27.1. The Labute approximate surface area is 289 Å². The summed E-state index contributed by atoms with van der Waals surface area (Å²) < 4.78 is 16.6. The van der Waals surface area contributed by atoms with Crippen LogP contribution in [0.1, 0.15) is 22.8 Å². The second-order valence-corrected chi connectivity index (χ2v) is 12.1. The second kappa shape index (κ2) is 16.7. The van der Waals surface area contributed by atoms with E-state index in [0.29, 0.717) is 39.8 Å². The molecule has 5 aromatic carbocycles. The Bertz CT molecular complexity index is 1920. The molecule has 0 spiro atoms. The maximum absolute atomic E-state index is 13.5. The number of rotatable bonds is 13. The molecule has 0 heterocycles. The highest BCUT2D eigenvalue weighted by Crippen LogP contribution is 2.28. The van der Waals surface area contributed by atoms with Crippen LogP contribution in [-0.4, -0.2) is 37.2 Å². The first-order valence-corrected chi connectivity index (χ1v) is 16.2. The van der Waals surface area contributed by atoms with Gasteiger partial charge >= 0.3 is 0 Å². The summed E-state index contributed by atoms with van der Waals surface area (Å²) in [7, 11) is 3.06. The van der Waals surface area contributed by atoms with E-state index >= 15 is 0 Å². The molecule has 0 aliphatic rings. The third kappa shape index (κ3) is 9.75. The number of hydrogen-bond donors (Lipinski definition) is 3. The number of benzene rings is 5. The van der Waals surface area contributed by atoms with Crippen LogP contribution < -0.4 is 30.2 Å². The van der Waals surface area contributed by atoms with E-state index in [1.165, 1.54) is 32.1 Å². The molecule has 0 aliphatic heterocycles. The third-order valence-corrected chi connectivity index (χ3v) is 8.27. The molecule has 1 atom stereocenters. The molecule has 5 aromatic rings. The van der Waals surface area contributed by atoms with Gasteiger partial charge in [-0.15, -0.1) is 11.8 Å². The van der Waals surface area contributed by atoms with Crippen LogP contribution in [0.15, 0.2) is 138 Å². The molecule has 0 aliphatic carbocycles. The molecule has 9 nitrogen and oxygen atoms in total. The maximum atomic E-state index is 13.5.